The Morgan fingerprint density at radius 1 is 1.00 bits per heavy atom. The summed E-state index contributed by atoms with van der Waals surface area (Å²) in [5, 5.41) is 0. The Morgan fingerprint density at radius 3 is 2.08 bits per heavy atom. The van der Waals surface area contributed by atoms with Crippen LogP contribution in [0.25, 0.3) is 0 Å². The van der Waals surface area contributed by atoms with Gasteiger partial charge in [-0.05, 0) is 17.7 Å². The monoisotopic (exact) mass is 358 g/mol. The minimum absolute atomic E-state index is 0.220. The molecule has 0 fully saturated rings. The van der Waals surface area contributed by atoms with Crippen LogP contribution >= 0.6 is 0 Å². The van der Waals surface area contributed by atoms with Gasteiger partial charge in [0.15, 0.2) is 0 Å². The van der Waals surface area contributed by atoms with E-state index < -0.39 is 38.6 Å². The van der Waals surface area contributed by atoms with Gasteiger partial charge in [-0.3, -0.25) is 4.79 Å². The van der Waals surface area contributed by atoms with Crippen LogP contribution in [0.2, 0.25) is 0 Å². The first-order valence-electron chi connectivity index (χ1n) is 6.66. The topological polar surface area (TPSA) is 89.3 Å². The maximum absolute atomic E-state index is 13.0. The maximum Gasteiger partial charge on any atom is 0.417 e. The van der Waals surface area contributed by atoms with Crippen LogP contribution in [0.5, 0.6) is 0 Å². The zero-order valence-electron chi connectivity index (χ0n) is 12.1. The van der Waals surface area contributed by atoms with Gasteiger partial charge in [0.25, 0.3) is 0 Å². The van der Waals surface area contributed by atoms with E-state index in [0.717, 1.165) is 18.2 Å². The number of sulfonamides is 1. The molecule has 9 heteroatoms. The molecule has 0 unspecified atom stereocenters. The molecule has 2 aromatic rings. The first kappa shape index (κ1) is 18.0. The van der Waals surface area contributed by atoms with Crippen molar-refractivity contribution in [2.75, 3.05) is 0 Å². The number of nitrogens with one attached hydrogen (secondary N) is 1. The second-order valence-electron chi connectivity index (χ2n) is 4.86. The Labute approximate surface area is 136 Å². The van der Waals surface area contributed by atoms with Crippen LogP contribution in [0.1, 0.15) is 17.2 Å². The SMILES string of the molecule is NC(=O)[C@@H](NS(=O)(=O)c1ccccc1C(F)(F)F)c1ccccc1. The third-order valence-corrected chi connectivity index (χ3v) is 4.65. The average molecular weight is 358 g/mol. The third kappa shape index (κ3) is 3.92. The molecule has 0 aromatic heterocycles. The van der Waals surface area contributed by atoms with Crippen molar-refractivity contribution < 1.29 is 26.4 Å². The van der Waals surface area contributed by atoms with Gasteiger partial charge in [-0.25, -0.2) is 8.42 Å². The maximum atomic E-state index is 13.0. The van der Waals surface area contributed by atoms with Crippen molar-refractivity contribution in [3.05, 3.63) is 65.7 Å². The minimum atomic E-state index is -4.86. The summed E-state index contributed by atoms with van der Waals surface area (Å²) < 4.78 is 65.7. The second kappa shape index (κ2) is 6.62. The molecule has 0 aliphatic rings. The first-order valence-corrected chi connectivity index (χ1v) is 8.14. The molecule has 1 amide bonds. The fourth-order valence-electron chi connectivity index (χ4n) is 2.09. The molecule has 3 N–H and O–H groups in total. The predicted molar refractivity (Wildman–Crippen MR) is 80.1 cm³/mol. The number of hydrogen-bond donors (Lipinski definition) is 2. The van der Waals surface area contributed by atoms with Gasteiger partial charge in [0.05, 0.1) is 10.5 Å². The smallest absolute Gasteiger partial charge is 0.368 e. The number of benzene rings is 2. The van der Waals surface area contributed by atoms with E-state index in [4.69, 9.17) is 5.73 Å². The molecular weight excluding hydrogens is 345 g/mol. The molecule has 2 rings (SSSR count). The largest absolute Gasteiger partial charge is 0.417 e. The van der Waals surface area contributed by atoms with E-state index in [1.807, 2.05) is 4.72 Å². The fourth-order valence-corrected chi connectivity index (χ4v) is 3.51. The highest BCUT2D eigenvalue weighted by atomic mass is 32.2. The van der Waals surface area contributed by atoms with Gasteiger partial charge >= 0.3 is 6.18 Å². The standard InChI is InChI=1S/C15H13F3N2O3S/c16-15(17,18)11-8-4-5-9-12(11)24(22,23)20-13(14(19)21)10-6-2-1-3-7-10/h1-9,13,20H,(H2,19,21)/t13-/m0/s1. The number of primary amides is 1. The molecule has 0 spiro atoms. The highest BCUT2D eigenvalue weighted by molar-refractivity contribution is 7.89. The second-order valence-corrected chi connectivity index (χ2v) is 6.54. The van der Waals surface area contributed by atoms with E-state index >= 15 is 0 Å². The predicted octanol–water partition coefficient (Wildman–Crippen LogP) is 2.21. The van der Waals surface area contributed by atoms with Crippen LogP contribution in [0, 0.1) is 0 Å². The normalized spacial score (nSPS) is 13.5. The number of nitrogens with two attached hydrogens (primary N) is 1. The van der Waals surface area contributed by atoms with Gasteiger partial charge in [-0.1, -0.05) is 42.5 Å². The van der Waals surface area contributed by atoms with Crippen LogP contribution in [0.15, 0.2) is 59.5 Å². The van der Waals surface area contributed by atoms with Crippen LogP contribution in [0.4, 0.5) is 13.2 Å². The molecule has 0 bridgehead atoms. The van der Waals surface area contributed by atoms with Crippen LogP contribution in [-0.4, -0.2) is 14.3 Å². The van der Waals surface area contributed by atoms with Crippen molar-refractivity contribution in [1.29, 1.82) is 0 Å². The van der Waals surface area contributed by atoms with Crippen molar-refractivity contribution in [3.8, 4) is 0 Å². The molecular formula is C15H13F3N2O3S. The number of alkyl halides is 3. The molecule has 0 aliphatic heterocycles. The molecule has 0 radical (unpaired) electrons. The Balaban J connectivity index is 2.47. The summed E-state index contributed by atoms with van der Waals surface area (Å²) in [5.74, 6) is -1.03. The van der Waals surface area contributed by atoms with Gasteiger partial charge in [0, 0.05) is 0 Å². The molecule has 1 atom stereocenters. The molecule has 0 saturated carbocycles. The number of hydrogen-bond acceptors (Lipinski definition) is 3. The summed E-state index contributed by atoms with van der Waals surface area (Å²) in [6.45, 7) is 0. The molecule has 0 saturated heterocycles. The van der Waals surface area contributed by atoms with Gasteiger partial charge in [0.1, 0.15) is 6.04 Å². The molecule has 0 aliphatic carbocycles. The van der Waals surface area contributed by atoms with Crippen LogP contribution in [-0.2, 0) is 21.0 Å². The van der Waals surface area contributed by atoms with E-state index in [1.165, 1.54) is 12.1 Å². The lowest BCUT2D eigenvalue weighted by atomic mass is 10.1. The van der Waals surface area contributed by atoms with E-state index in [0.29, 0.717) is 6.07 Å². The Kier molecular flexibility index (Phi) is 4.95. The lowest BCUT2D eigenvalue weighted by Gasteiger charge is -2.18. The fraction of sp³-hybridized carbons (Fsp3) is 0.133. The number of carbonyl (C=O) groups is 1. The van der Waals surface area contributed by atoms with Gasteiger partial charge < -0.3 is 5.73 Å². The Bertz CT molecular complexity index is 837. The van der Waals surface area contributed by atoms with Crippen molar-refractivity contribution >= 4 is 15.9 Å². The van der Waals surface area contributed by atoms with Crippen LogP contribution < -0.4 is 10.5 Å². The lowest BCUT2D eigenvalue weighted by Crippen LogP contribution is -2.38. The third-order valence-electron chi connectivity index (χ3n) is 3.17. The van der Waals surface area contributed by atoms with E-state index in [2.05, 4.69) is 0 Å². The zero-order chi connectivity index (χ0) is 18.0. The molecule has 2 aromatic carbocycles. The number of rotatable bonds is 5. The minimum Gasteiger partial charge on any atom is -0.368 e. The Hall–Kier alpha value is -2.39. The molecule has 128 valence electrons. The van der Waals surface area contributed by atoms with Crippen molar-refractivity contribution in [2.45, 2.75) is 17.1 Å². The summed E-state index contributed by atoms with van der Waals surface area (Å²) in [5.41, 5.74) is 4.08. The molecule has 0 heterocycles. The lowest BCUT2D eigenvalue weighted by molar-refractivity contribution is -0.139. The summed E-state index contributed by atoms with van der Waals surface area (Å²) in [7, 11) is -4.64. The van der Waals surface area contributed by atoms with Crippen molar-refractivity contribution in [1.82, 2.24) is 4.72 Å². The highest BCUT2D eigenvalue weighted by Crippen LogP contribution is 2.34. The zero-order valence-corrected chi connectivity index (χ0v) is 12.9. The molecule has 24 heavy (non-hydrogen) atoms. The summed E-state index contributed by atoms with van der Waals surface area (Å²) in [4.78, 5) is 10.6. The van der Waals surface area contributed by atoms with Crippen LogP contribution in [0.3, 0.4) is 0 Å². The molecule has 5 nitrogen and oxygen atoms in total. The van der Waals surface area contributed by atoms with E-state index in [-0.39, 0.29) is 5.56 Å². The van der Waals surface area contributed by atoms with Gasteiger partial charge in [0.2, 0.25) is 15.9 Å². The summed E-state index contributed by atoms with van der Waals surface area (Å²) in [6.07, 6.45) is -4.86. The van der Waals surface area contributed by atoms with E-state index in [1.54, 1.807) is 18.2 Å². The Morgan fingerprint density at radius 2 is 1.54 bits per heavy atom. The summed E-state index contributed by atoms with van der Waals surface area (Å²) in [6, 6.07) is 9.81. The van der Waals surface area contributed by atoms with E-state index in [9.17, 15) is 26.4 Å². The summed E-state index contributed by atoms with van der Waals surface area (Å²) >= 11 is 0. The number of carbonyl (C=O) groups excluding carboxylic acids is 1. The van der Waals surface area contributed by atoms with Gasteiger partial charge in [-0.2, -0.15) is 17.9 Å². The van der Waals surface area contributed by atoms with Gasteiger partial charge in [-0.15, -0.1) is 0 Å². The number of amides is 1. The number of halogens is 3. The quantitative estimate of drug-likeness (QED) is 0.859. The first-order chi connectivity index (χ1) is 11.1. The highest BCUT2D eigenvalue weighted by Gasteiger charge is 2.38. The van der Waals surface area contributed by atoms with Crippen molar-refractivity contribution in [2.24, 2.45) is 5.73 Å². The van der Waals surface area contributed by atoms with Crippen molar-refractivity contribution in [3.63, 3.8) is 0 Å². The average Bonchev–Trinajstić information content (AvgIpc) is 2.52.